The Bertz CT molecular complexity index is 940. The topological polar surface area (TPSA) is 75.4 Å². The first kappa shape index (κ1) is 15.5. The lowest BCUT2D eigenvalue weighted by Gasteiger charge is -2.18. The standard InChI is InChI=1S/C17H17FN6O/c1-11-21-22-16-15(19-6-8-24(11)16)23-7-5-14(10-23)20-17(25)12-3-2-4-13(18)9-12/h2-4,6,8-9,14H,5,7,10H2,1H3,(H,20,25)/t14-/m0/s1. The maximum Gasteiger partial charge on any atom is 0.251 e. The predicted molar refractivity (Wildman–Crippen MR) is 90.0 cm³/mol. The van der Waals surface area contributed by atoms with Crippen molar-refractivity contribution < 1.29 is 9.18 Å². The average Bonchev–Trinajstić information content (AvgIpc) is 3.22. The summed E-state index contributed by atoms with van der Waals surface area (Å²) in [4.78, 5) is 18.8. The average molecular weight is 340 g/mol. The van der Waals surface area contributed by atoms with Gasteiger partial charge in [0, 0.05) is 37.1 Å². The number of hydrogen-bond donors (Lipinski definition) is 1. The molecule has 0 aliphatic carbocycles. The summed E-state index contributed by atoms with van der Waals surface area (Å²) in [5.74, 6) is 0.869. The van der Waals surface area contributed by atoms with Gasteiger partial charge >= 0.3 is 0 Å². The Kier molecular flexibility index (Phi) is 3.79. The number of nitrogens with zero attached hydrogens (tertiary/aromatic N) is 5. The van der Waals surface area contributed by atoms with Crippen molar-refractivity contribution in [3.63, 3.8) is 0 Å². The number of rotatable bonds is 3. The highest BCUT2D eigenvalue weighted by molar-refractivity contribution is 5.94. The van der Waals surface area contributed by atoms with Crippen LogP contribution in [0.5, 0.6) is 0 Å². The first-order valence-electron chi connectivity index (χ1n) is 8.09. The van der Waals surface area contributed by atoms with E-state index in [1.165, 1.54) is 18.2 Å². The van der Waals surface area contributed by atoms with Gasteiger partial charge in [-0.25, -0.2) is 9.37 Å². The molecule has 3 heterocycles. The van der Waals surface area contributed by atoms with Crippen LogP contribution in [0.3, 0.4) is 0 Å². The molecule has 8 heteroatoms. The molecule has 0 radical (unpaired) electrons. The first-order valence-corrected chi connectivity index (χ1v) is 8.09. The molecule has 1 aliphatic heterocycles. The highest BCUT2D eigenvalue weighted by Gasteiger charge is 2.27. The maximum absolute atomic E-state index is 13.3. The van der Waals surface area contributed by atoms with Gasteiger partial charge in [0.2, 0.25) is 5.65 Å². The van der Waals surface area contributed by atoms with E-state index in [1.807, 2.05) is 17.5 Å². The number of carbonyl (C=O) groups is 1. The van der Waals surface area contributed by atoms with E-state index in [4.69, 9.17) is 0 Å². The Hall–Kier alpha value is -3.03. The van der Waals surface area contributed by atoms with Crippen LogP contribution in [-0.2, 0) is 0 Å². The van der Waals surface area contributed by atoms with Crippen LogP contribution < -0.4 is 10.2 Å². The van der Waals surface area contributed by atoms with Gasteiger partial charge in [-0.3, -0.25) is 9.20 Å². The van der Waals surface area contributed by atoms with Crippen LogP contribution in [0.15, 0.2) is 36.7 Å². The van der Waals surface area contributed by atoms with Gasteiger partial charge in [0.15, 0.2) is 5.82 Å². The van der Waals surface area contributed by atoms with E-state index < -0.39 is 5.82 Å². The van der Waals surface area contributed by atoms with E-state index in [0.29, 0.717) is 17.8 Å². The molecule has 7 nitrogen and oxygen atoms in total. The number of carbonyl (C=O) groups excluding carboxylic acids is 1. The number of fused-ring (bicyclic) bond motifs is 1. The Labute approximate surface area is 143 Å². The number of benzene rings is 1. The Balaban J connectivity index is 1.48. The zero-order valence-electron chi connectivity index (χ0n) is 13.7. The van der Waals surface area contributed by atoms with Gasteiger partial charge < -0.3 is 10.2 Å². The van der Waals surface area contributed by atoms with Gasteiger partial charge in [0.1, 0.15) is 11.6 Å². The van der Waals surface area contributed by atoms with Crippen LogP contribution in [0.25, 0.3) is 5.65 Å². The van der Waals surface area contributed by atoms with Crippen LogP contribution in [0.4, 0.5) is 10.2 Å². The van der Waals surface area contributed by atoms with Crippen molar-refractivity contribution in [2.75, 3.05) is 18.0 Å². The second-order valence-corrected chi connectivity index (χ2v) is 6.11. The lowest BCUT2D eigenvalue weighted by molar-refractivity contribution is 0.0940. The molecular weight excluding hydrogens is 323 g/mol. The molecule has 1 atom stereocenters. The number of aryl methyl sites for hydroxylation is 1. The number of anilines is 1. The maximum atomic E-state index is 13.3. The summed E-state index contributed by atoms with van der Waals surface area (Å²) in [5, 5.41) is 11.2. The number of nitrogens with one attached hydrogen (secondary N) is 1. The van der Waals surface area contributed by atoms with Crippen molar-refractivity contribution >= 4 is 17.4 Å². The number of hydrogen-bond acceptors (Lipinski definition) is 5. The lowest BCUT2D eigenvalue weighted by Crippen LogP contribution is -2.37. The fourth-order valence-electron chi connectivity index (χ4n) is 3.12. The number of halogens is 1. The Morgan fingerprint density at radius 2 is 2.24 bits per heavy atom. The molecule has 1 aliphatic rings. The van der Waals surface area contributed by atoms with Gasteiger partial charge in [0.05, 0.1) is 0 Å². The summed E-state index contributed by atoms with van der Waals surface area (Å²) in [6.07, 6.45) is 4.34. The highest BCUT2D eigenvalue weighted by atomic mass is 19.1. The van der Waals surface area contributed by atoms with Crippen LogP contribution in [-0.4, -0.2) is 44.6 Å². The van der Waals surface area contributed by atoms with Gasteiger partial charge in [-0.1, -0.05) is 6.07 Å². The molecule has 0 spiro atoms. The highest BCUT2D eigenvalue weighted by Crippen LogP contribution is 2.22. The van der Waals surface area contributed by atoms with Crippen molar-refractivity contribution in [1.29, 1.82) is 0 Å². The monoisotopic (exact) mass is 340 g/mol. The van der Waals surface area contributed by atoms with E-state index in [2.05, 4.69) is 25.4 Å². The van der Waals surface area contributed by atoms with Crippen molar-refractivity contribution in [3.8, 4) is 0 Å². The molecule has 1 N–H and O–H groups in total. The lowest BCUT2D eigenvalue weighted by atomic mass is 10.2. The molecule has 4 rings (SSSR count). The predicted octanol–water partition coefficient (Wildman–Crippen LogP) is 1.58. The van der Waals surface area contributed by atoms with Gasteiger partial charge in [-0.05, 0) is 31.5 Å². The van der Waals surface area contributed by atoms with Gasteiger partial charge in [-0.2, -0.15) is 0 Å². The Morgan fingerprint density at radius 1 is 1.36 bits per heavy atom. The van der Waals surface area contributed by atoms with Crippen LogP contribution >= 0.6 is 0 Å². The second kappa shape index (κ2) is 6.12. The molecule has 1 amide bonds. The summed E-state index contributed by atoms with van der Waals surface area (Å²) < 4.78 is 15.2. The Morgan fingerprint density at radius 3 is 3.08 bits per heavy atom. The third kappa shape index (κ3) is 2.90. The minimum absolute atomic E-state index is 0.0261. The van der Waals surface area contributed by atoms with Crippen molar-refractivity contribution in [1.82, 2.24) is 24.9 Å². The van der Waals surface area contributed by atoms with E-state index in [9.17, 15) is 9.18 Å². The molecule has 0 unspecified atom stereocenters. The summed E-state index contributed by atoms with van der Waals surface area (Å²) in [6.45, 7) is 3.27. The number of aromatic nitrogens is 4. The summed E-state index contributed by atoms with van der Waals surface area (Å²) >= 11 is 0. The molecule has 0 bridgehead atoms. The molecule has 3 aromatic rings. The molecule has 128 valence electrons. The van der Waals surface area contributed by atoms with Gasteiger partial charge in [0.25, 0.3) is 5.91 Å². The third-order valence-corrected chi connectivity index (χ3v) is 4.39. The molecule has 2 aromatic heterocycles. The molecule has 1 aromatic carbocycles. The molecular formula is C17H17FN6O. The van der Waals surface area contributed by atoms with E-state index in [1.54, 1.807) is 12.3 Å². The molecule has 25 heavy (non-hydrogen) atoms. The van der Waals surface area contributed by atoms with Crippen molar-refractivity contribution in [2.24, 2.45) is 0 Å². The SMILES string of the molecule is Cc1nnc2c(N3CC[C@H](NC(=O)c4cccc(F)c4)C3)nccn12. The zero-order chi connectivity index (χ0) is 17.4. The second-order valence-electron chi connectivity index (χ2n) is 6.11. The molecule has 1 fully saturated rings. The van der Waals surface area contributed by atoms with E-state index in [0.717, 1.165) is 24.6 Å². The van der Waals surface area contributed by atoms with Crippen LogP contribution in [0.1, 0.15) is 22.6 Å². The zero-order valence-corrected chi connectivity index (χ0v) is 13.7. The van der Waals surface area contributed by atoms with Crippen LogP contribution in [0.2, 0.25) is 0 Å². The van der Waals surface area contributed by atoms with Gasteiger partial charge in [-0.15, -0.1) is 10.2 Å². The third-order valence-electron chi connectivity index (χ3n) is 4.39. The number of amides is 1. The van der Waals surface area contributed by atoms with E-state index in [-0.39, 0.29) is 11.9 Å². The van der Waals surface area contributed by atoms with Crippen molar-refractivity contribution in [2.45, 2.75) is 19.4 Å². The molecule has 0 saturated carbocycles. The first-order chi connectivity index (χ1) is 12.1. The van der Waals surface area contributed by atoms with Crippen LogP contribution in [0, 0.1) is 12.7 Å². The van der Waals surface area contributed by atoms with E-state index >= 15 is 0 Å². The normalized spacial score (nSPS) is 17.2. The summed E-state index contributed by atoms with van der Waals surface area (Å²) in [7, 11) is 0. The quantitative estimate of drug-likeness (QED) is 0.783. The fraction of sp³-hybridized carbons (Fsp3) is 0.294. The smallest absolute Gasteiger partial charge is 0.251 e. The minimum atomic E-state index is -0.418. The fourth-order valence-corrected chi connectivity index (χ4v) is 3.12. The minimum Gasteiger partial charge on any atom is -0.351 e. The molecule has 1 saturated heterocycles. The van der Waals surface area contributed by atoms with Crippen molar-refractivity contribution in [3.05, 3.63) is 53.9 Å². The largest absolute Gasteiger partial charge is 0.351 e. The summed E-state index contributed by atoms with van der Waals surface area (Å²) in [6, 6.07) is 5.67. The summed E-state index contributed by atoms with van der Waals surface area (Å²) in [5.41, 5.74) is 1.03.